The van der Waals surface area contributed by atoms with Gasteiger partial charge in [0.15, 0.2) is 0 Å². The summed E-state index contributed by atoms with van der Waals surface area (Å²) in [6, 6.07) is 13.1. The first kappa shape index (κ1) is 21.3. The van der Waals surface area contributed by atoms with E-state index < -0.39 is 5.92 Å². The zero-order valence-electron chi connectivity index (χ0n) is 16.0. The van der Waals surface area contributed by atoms with Crippen LogP contribution in [0.25, 0.3) is 0 Å². The van der Waals surface area contributed by atoms with Crippen molar-refractivity contribution in [2.24, 2.45) is 0 Å². The van der Waals surface area contributed by atoms with Crippen LogP contribution in [0.2, 0.25) is 10.0 Å². The molecular weight excluding hydrogens is 411 g/mol. The van der Waals surface area contributed by atoms with Crippen LogP contribution in [0.15, 0.2) is 42.5 Å². The van der Waals surface area contributed by atoms with E-state index in [0.717, 1.165) is 11.1 Å². The monoisotopic (exact) mass is 432 g/mol. The van der Waals surface area contributed by atoms with Crippen molar-refractivity contribution in [2.75, 3.05) is 6.54 Å². The molecule has 1 saturated heterocycles. The number of hydrogen-bond acceptors (Lipinski definition) is 3. The summed E-state index contributed by atoms with van der Waals surface area (Å²) < 4.78 is 0. The molecule has 7 heteroatoms. The summed E-state index contributed by atoms with van der Waals surface area (Å²) in [7, 11) is 0. The lowest BCUT2D eigenvalue weighted by atomic mass is 9.89. The highest BCUT2D eigenvalue weighted by Crippen LogP contribution is 2.36. The molecule has 29 heavy (non-hydrogen) atoms. The van der Waals surface area contributed by atoms with Gasteiger partial charge in [-0.3, -0.25) is 19.7 Å². The van der Waals surface area contributed by atoms with Crippen LogP contribution in [0, 0.1) is 0 Å². The van der Waals surface area contributed by atoms with Gasteiger partial charge in [0.1, 0.15) is 0 Å². The SMILES string of the molecule is CC(C(=O)NCCc1cc(Cl)c(C2CCC(=O)NC2=O)c(Cl)c1)c1ccccc1. The Morgan fingerprint density at radius 2 is 1.83 bits per heavy atom. The second kappa shape index (κ2) is 9.42. The standard InChI is InChI=1S/C22H22Cl2N2O3/c1-13(15-5-3-2-4-6-15)21(28)25-10-9-14-11-17(23)20(18(24)12-14)16-7-8-19(27)26-22(16)29/h2-6,11-13,16H,7-10H2,1H3,(H,25,28)(H,26,27,29). The highest BCUT2D eigenvalue weighted by molar-refractivity contribution is 6.36. The second-order valence-corrected chi connectivity index (χ2v) is 7.96. The van der Waals surface area contributed by atoms with Gasteiger partial charge in [0.05, 0.1) is 11.8 Å². The maximum atomic E-state index is 12.4. The first-order valence-electron chi connectivity index (χ1n) is 9.51. The average molecular weight is 433 g/mol. The van der Waals surface area contributed by atoms with Gasteiger partial charge in [0.2, 0.25) is 17.7 Å². The lowest BCUT2D eigenvalue weighted by Gasteiger charge is -2.23. The van der Waals surface area contributed by atoms with Crippen molar-refractivity contribution in [1.29, 1.82) is 0 Å². The molecule has 0 radical (unpaired) electrons. The Labute approximate surface area is 179 Å². The number of hydrogen-bond donors (Lipinski definition) is 2. The summed E-state index contributed by atoms with van der Waals surface area (Å²) in [5.74, 6) is -1.48. The molecule has 2 aromatic rings. The van der Waals surface area contributed by atoms with E-state index in [1.807, 2.05) is 37.3 Å². The predicted octanol–water partition coefficient (Wildman–Crippen LogP) is 3.98. The minimum atomic E-state index is -0.534. The molecule has 152 valence electrons. The Morgan fingerprint density at radius 3 is 2.45 bits per heavy atom. The van der Waals surface area contributed by atoms with Gasteiger partial charge in [-0.2, -0.15) is 0 Å². The Balaban J connectivity index is 1.61. The van der Waals surface area contributed by atoms with E-state index in [0.29, 0.717) is 35.0 Å². The van der Waals surface area contributed by atoms with Crippen LogP contribution in [-0.4, -0.2) is 24.3 Å². The number of carbonyl (C=O) groups excluding carboxylic acids is 3. The third kappa shape index (κ3) is 5.17. The van der Waals surface area contributed by atoms with Crippen molar-refractivity contribution >= 4 is 40.9 Å². The van der Waals surface area contributed by atoms with Crippen molar-refractivity contribution in [3.05, 3.63) is 69.2 Å². The normalized spacial score (nSPS) is 17.6. The first-order chi connectivity index (χ1) is 13.9. The number of benzene rings is 2. The molecule has 0 saturated carbocycles. The van der Waals surface area contributed by atoms with Gasteiger partial charge in [-0.05, 0) is 43.0 Å². The van der Waals surface area contributed by atoms with Gasteiger partial charge >= 0.3 is 0 Å². The lowest BCUT2D eigenvalue weighted by molar-refractivity contribution is -0.134. The Hall–Kier alpha value is -2.37. The smallest absolute Gasteiger partial charge is 0.234 e. The summed E-state index contributed by atoms with van der Waals surface area (Å²) in [6.07, 6.45) is 1.20. The Kier molecular flexibility index (Phi) is 6.93. The number of imide groups is 1. The van der Waals surface area contributed by atoms with Crippen molar-refractivity contribution in [1.82, 2.24) is 10.6 Å². The van der Waals surface area contributed by atoms with Crippen LogP contribution >= 0.6 is 23.2 Å². The molecule has 0 aliphatic carbocycles. The van der Waals surface area contributed by atoms with Gasteiger partial charge in [-0.25, -0.2) is 0 Å². The number of carbonyl (C=O) groups is 3. The molecule has 5 nitrogen and oxygen atoms in total. The summed E-state index contributed by atoms with van der Waals surface area (Å²) in [5.41, 5.74) is 2.37. The molecule has 1 aliphatic rings. The highest BCUT2D eigenvalue weighted by atomic mass is 35.5. The minimum Gasteiger partial charge on any atom is -0.355 e. The topological polar surface area (TPSA) is 75.3 Å². The van der Waals surface area contributed by atoms with Crippen LogP contribution in [-0.2, 0) is 20.8 Å². The van der Waals surface area contributed by atoms with E-state index in [1.54, 1.807) is 12.1 Å². The fourth-order valence-electron chi connectivity index (χ4n) is 3.46. The van der Waals surface area contributed by atoms with Crippen molar-refractivity contribution in [2.45, 2.75) is 38.0 Å². The summed E-state index contributed by atoms with van der Waals surface area (Å²) in [6.45, 7) is 2.31. The predicted molar refractivity (Wildman–Crippen MR) is 113 cm³/mol. The zero-order chi connectivity index (χ0) is 21.0. The Bertz CT molecular complexity index is 908. The second-order valence-electron chi connectivity index (χ2n) is 7.15. The number of rotatable bonds is 6. The minimum absolute atomic E-state index is 0.0476. The van der Waals surface area contributed by atoms with Crippen molar-refractivity contribution in [3.8, 4) is 0 Å². The van der Waals surface area contributed by atoms with Gasteiger partial charge < -0.3 is 5.32 Å². The molecule has 0 aromatic heterocycles. The van der Waals surface area contributed by atoms with E-state index >= 15 is 0 Å². The van der Waals surface area contributed by atoms with Crippen molar-refractivity contribution < 1.29 is 14.4 Å². The molecule has 2 N–H and O–H groups in total. The molecule has 1 heterocycles. The molecular formula is C22H22Cl2N2O3. The summed E-state index contributed by atoms with van der Waals surface area (Å²) in [5, 5.41) is 6.05. The average Bonchev–Trinajstić information content (AvgIpc) is 2.69. The lowest BCUT2D eigenvalue weighted by Crippen LogP contribution is -2.39. The molecule has 2 atom stereocenters. The van der Waals surface area contributed by atoms with Crippen LogP contribution in [0.3, 0.4) is 0 Å². The number of amides is 3. The van der Waals surface area contributed by atoms with Gasteiger partial charge in [-0.15, -0.1) is 0 Å². The van der Waals surface area contributed by atoms with E-state index in [2.05, 4.69) is 10.6 Å². The summed E-state index contributed by atoms with van der Waals surface area (Å²) >= 11 is 12.8. The van der Waals surface area contributed by atoms with E-state index in [1.165, 1.54) is 0 Å². The van der Waals surface area contributed by atoms with E-state index in [4.69, 9.17) is 23.2 Å². The number of nitrogens with one attached hydrogen (secondary N) is 2. The molecule has 1 aliphatic heterocycles. The van der Waals surface area contributed by atoms with Crippen LogP contribution in [0.5, 0.6) is 0 Å². The quantitative estimate of drug-likeness (QED) is 0.677. The highest BCUT2D eigenvalue weighted by Gasteiger charge is 2.31. The maximum Gasteiger partial charge on any atom is 0.234 e. The maximum absolute atomic E-state index is 12.4. The molecule has 0 spiro atoms. The third-order valence-electron chi connectivity index (χ3n) is 5.13. The molecule has 2 unspecified atom stereocenters. The zero-order valence-corrected chi connectivity index (χ0v) is 17.5. The summed E-state index contributed by atoms with van der Waals surface area (Å²) in [4.78, 5) is 35.8. The van der Waals surface area contributed by atoms with Crippen LogP contribution in [0.4, 0.5) is 0 Å². The number of piperidine rings is 1. The Morgan fingerprint density at radius 1 is 1.17 bits per heavy atom. The van der Waals surface area contributed by atoms with Gasteiger partial charge in [0.25, 0.3) is 0 Å². The van der Waals surface area contributed by atoms with Crippen LogP contribution in [0.1, 0.15) is 48.3 Å². The van der Waals surface area contributed by atoms with Crippen molar-refractivity contribution in [3.63, 3.8) is 0 Å². The fraction of sp³-hybridized carbons (Fsp3) is 0.318. The van der Waals surface area contributed by atoms with Gasteiger partial charge in [-0.1, -0.05) is 53.5 Å². The first-order valence-corrected chi connectivity index (χ1v) is 10.3. The van der Waals surface area contributed by atoms with E-state index in [9.17, 15) is 14.4 Å². The molecule has 3 rings (SSSR count). The molecule has 3 amide bonds. The molecule has 1 fully saturated rings. The fourth-order valence-corrected chi connectivity index (χ4v) is 4.25. The molecule has 2 aromatic carbocycles. The third-order valence-corrected chi connectivity index (χ3v) is 5.76. The van der Waals surface area contributed by atoms with Gasteiger partial charge in [0, 0.05) is 28.6 Å². The largest absolute Gasteiger partial charge is 0.355 e. The van der Waals surface area contributed by atoms with E-state index in [-0.39, 0.29) is 30.1 Å². The number of halogens is 2. The van der Waals surface area contributed by atoms with Crippen LogP contribution < -0.4 is 10.6 Å². The molecule has 0 bridgehead atoms.